The van der Waals surface area contributed by atoms with Crippen molar-refractivity contribution in [3.8, 4) is 22.6 Å². The van der Waals surface area contributed by atoms with E-state index < -0.39 is 11.2 Å². The molecule has 1 aliphatic carbocycles. The normalized spacial score (nSPS) is 21.3. The summed E-state index contributed by atoms with van der Waals surface area (Å²) >= 11 is 0. The molecular formula is C58H61NO5. The summed E-state index contributed by atoms with van der Waals surface area (Å²) in [5.41, 5.74) is 10.5. The average molecular weight is 852 g/mol. The van der Waals surface area contributed by atoms with E-state index in [4.69, 9.17) is 18.9 Å². The van der Waals surface area contributed by atoms with Crippen LogP contribution in [0.4, 0.5) is 5.69 Å². The molecule has 6 aromatic rings. The first kappa shape index (κ1) is 42.3. The molecule has 1 atom stereocenters. The van der Waals surface area contributed by atoms with Crippen LogP contribution in [-0.4, -0.2) is 32.3 Å². The van der Waals surface area contributed by atoms with E-state index in [1.165, 1.54) is 79.3 Å². The number of hydrogen-bond acceptors (Lipinski definition) is 6. The van der Waals surface area contributed by atoms with Gasteiger partial charge in [0.05, 0.1) is 31.0 Å². The van der Waals surface area contributed by atoms with Crippen LogP contribution < -0.4 is 14.4 Å². The third kappa shape index (κ3) is 8.16. The van der Waals surface area contributed by atoms with Crippen LogP contribution in [0.3, 0.4) is 0 Å². The summed E-state index contributed by atoms with van der Waals surface area (Å²) in [7, 11) is 0. The third-order valence-electron chi connectivity index (χ3n) is 14.6. The number of carbonyl (C=O) groups excluding carboxylic acids is 1. The van der Waals surface area contributed by atoms with E-state index in [9.17, 15) is 4.79 Å². The Hall–Kier alpha value is -5.69. The standard InChI is InChI=1S/C58H61NO5/c1-5-6-7-8-40-11-13-41(14-12-40)42-19-28-49(29-20-42)63-56(60)44-17-15-43(16-18-44)45-21-30-50-52(37-45)53-38-62-57(3,4)54(53)51-31-32-58(64-55(50)51,46-22-9-39(2)10-23-46)47-24-26-48(27-25-47)59-33-35-61-36-34-59/h9-10,15-32,37,40-41H,5-8,11-14,33-36,38H2,1-4H3. The Labute approximate surface area is 379 Å². The number of hydrogen-bond donors (Lipinski definition) is 0. The van der Waals surface area contributed by atoms with Crippen LogP contribution in [0.15, 0.2) is 121 Å². The van der Waals surface area contributed by atoms with Crippen LogP contribution >= 0.6 is 0 Å². The first-order valence-electron chi connectivity index (χ1n) is 23.8. The van der Waals surface area contributed by atoms with Gasteiger partial charge in [0.15, 0.2) is 5.60 Å². The Morgan fingerprint density at radius 2 is 1.45 bits per heavy atom. The second-order valence-electron chi connectivity index (χ2n) is 19.1. The first-order chi connectivity index (χ1) is 31.2. The molecule has 6 aromatic carbocycles. The fraction of sp³-hybridized carbons (Fsp3) is 0.362. The molecule has 0 radical (unpaired) electrons. The average Bonchev–Trinajstić information content (AvgIpc) is 3.67. The van der Waals surface area contributed by atoms with E-state index in [0.29, 0.717) is 23.8 Å². The van der Waals surface area contributed by atoms with Crippen LogP contribution in [0.25, 0.3) is 28.0 Å². The Bertz CT molecular complexity index is 2650. The fourth-order valence-corrected chi connectivity index (χ4v) is 10.8. The van der Waals surface area contributed by atoms with E-state index in [2.05, 4.69) is 124 Å². The minimum Gasteiger partial charge on any atom is -0.472 e. The predicted molar refractivity (Wildman–Crippen MR) is 259 cm³/mol. The molecule has 0 amide bonds. The number of nitrogens with zero attached hydrogens (tertiary/aromatic N) is 1. The van der Waals surface area contributed by atoms with Gasteiger partial charge in [-0.05, 0) is 134 Å². The van der Waals surface area contributed by atoms with E-state index in [1.807, 2.05) is 36.4 Å². The number of fused-ring (bicyclic) bond motifs is 6. The van der Waals surface area contributed by atoms with Crippen molar-refractivity contribution >= 4 is 28.5 Å². The van der Waals surface area contributed by atoms with Gasteiger partial charge in [-0.3, -0.25) is 0 Å². The molecule has 328 valence electrons. The van der Waals surface area contributed by atoms with Crippen LogP contribution in [0.5, 0.6) is 11.5 Å². The molecule has 6 heteroatoms. The molecular weight excluding hydrogens is 791 g/mol. The second-order valence-corrected chi connectivity index (χ2v) is 19.1. The smallest absolute Gasteiger partial charge is 0.343 e. The zero-order valence-corrected chi connectivity index (χ0v) is 38.0. The number of morpholine rings is 1. The van der Waals surface area contributed by atoms with Gasteiger partial charge in [-0.2, -0.15) is 0 Å². The van der Waals surface area contributed by atoms with Crippen molar-refractivity contribution in [2.75, 3.05) is 31.2 Å². The SMILES string of the molecule is CCCCCC1CCC(c2ccc(OC(=O)c3ccc(-c4ccc5c6c(c7c(c5c4)COC7(C)C)C=CC(c4ccc(C)cc4)(c4ccc(N5CCOCC5)cc4)O6)cc3)cc2)CC1. The number of rotatable bonds is 11. The maximum atomic E-state index is 13.4. The highest BCUT2D eigenvalue weighted by Gasteiger charge is 2.43. The number of carbonyl (C=O) groups is 1. The van der Waals surface area contributed by atoms with Gasteiger partial charge in [0, 0.05) is 46.4 Å². The van der Waals surface area contributed by atoms with Crippen LogP contribution in [0.1, 0.15) is 127 Å². The Morgan fingerprint density at radius 1 is 0.766 bits per heavy atom. The minimum absolute atomic E-state index is 0.354. The summed E-state index contributed by atoms with van der Waals surface area (Å²) in [5, 5.41) is 2.16. The lowest BCUT2D eigenvalue weighted by atomic mass is 9.77. The van der Waals surface area contributed by atoms with Gasteiger partial charge in [0.25, 0.3) is 0 Å². The second kappa shape index (κ2) is 17.7. The topological polar surface area (TPSA) is 57.2 Å². The lowest BCUT2D eigenvalue weighted by Crippen LogP contribution is -2.37. The quantitative estimate of drug-likeness (QED) is 0.0735. The van der Waals surface area contributed by atoms with Crippen molar-refractivity contribution in [2.45, 2.75) is 103 Å². The maximum Gasteiger partial charge on any atom is 0.343 e. The van der Waals surface area contributed by atoms with Gasteiger partial charge in [0.2, 0.25) is 0 Å². The highest BCUT2D eigenvalue weighted by molar-refractivity contribution is 6.00. The van der Waals surface area contributed by atoms with Crippen molar-refractivity contribution in [1.82, 2.24) is 0 Å². The first-order valence-corrected chi connectivity index (χ1v) is 23.8. The summed E-state index contributed by atoms with van der Waals surface area (Å²) in [6, 6.07) is 40.2. The molecule has 3 aliphatic heterocycles. The molecule has 3 heterocycles. The van der Waals surface area contributed by atoms with Crippen molar-refractivity contribution < 1.29 is 23.7 Å². The van der Waals surface area contributed by atoms with E-state index in [0.717, 1.165) is 76.6 Å². The van der Waals surface area contributed by atoms with Crippen molar-refractivity contribution in [3.63, 3.8) is 0 Å². The minimum atomic E-state index is -0.854. The fourth-order valence-electron chi connectivity index (χ4n) is 10.8. The molecule has 4 aliphatic rings. The Kier molecular flexibility index (Phi) is 11.7. The van der Waals surface area contributed by atoms with Gasteiger partial charge < -0.3 is 23.8 Å². The van der Waals surface area contributed by atoms with Gasteiger partial charge >= 0.3 is 5.97 Å². The lowest BCUT2D eigenvalue weighted by molar-refractivity contribution is -0.00802. The number of benzene rings is 6. The van der Waals surface area contributed by atoms with E-state index >= 15 is 0 Å². The molecule has 6 nitrogen and oxygen atoms in total. The van der Waals surface area contributed by atoms with Crippen molar-refractivity contribution in [1.29, 1.82) is 0 Å². The highest BCUT2D eigenvalue weighted by Crippen LogP contribution is 2.53. The molecule has 0 aromatic heterocycles. The summed E-state index contributed by atoms with van der Waals surface area (Å²) in [6.07, 6.45) is 15.0. The molecule has 1 unspecified atom stereocenters. The lowest BCUT2D eigenvalue weighted by Gasteiger charge is -2.38. The zero-order chi connectivity index (χ0) is 43.8. The number of aryl methyl sites for hydroxylation is 1. The summed E-state index contributed by atoms with van der Waals surface area (Å²) in [4.78, 5) is 15.8. The number of unbranched alkanes of at least 4 members (excludes halogenated alkanes) is 2. The molecule has 2 fully saturated rings. The molecule has 0 N–H and O–H groups in total. The summed E-state index contributed by atoms with van der Waals surface area (Å²) < 4.78 is 25.6. The van der Waals surface area contributed by atoms with Crippen molar-refractivity contribution in [2.24, 2.45) is 5.92 Å². The monoisotopic (exact) mass is 851 g/mol. The Morgan fingerprint density at radius 3 is 2.16 bits per heavy atom. The van der Waals surface area contributed by atoms with Gasteiger partial charge in [-0.15, -0.1) is 0 Å². The predicted octanol–water partition coefficient (Wildman–Crippen LogP) is 13.8. The molecule has 64 heavy (non-hydrogen) atoms. The van der Waals surface area contributed by atoms with E-state index in [1.54, 1.807) is 0 Å². The van der Waals surface area contributed by atoms with Crippen LogP contribution in [-0.2, 0) is 27.3 Å². The molecule has 1 saturated heterocycles. The van der Waals surface area contributed by atoms with Crippen LogP contribution in [0.2, 0.25) is 0 Å². The number of esters is 1. The summed E-state index contributed by atoms with van der Waals surface area (Å²) in [5.74, 6) is 2.57. The molecule has 1 saturated carbocycles. The Balaban J connectivity index is 0.914. The zero-order valence-electron chi connectivity index (χ0n) is 38.0. The third-order valence-corrected chi connectivity index (χ3v) is 14.6. The molecule has 0 spiro atoms. The van der Waals surface area contributed by atoms with Crippen LogP contribution in [0, 0.1) is 12.8 Å². The maximum absolute atomic E-state index is 13.4. The number of anilines is 1. The molecule has 10 rings (SSSR count). The number of ether oxygens (including phenoxy) is 4. The molecule has 0 bridgehead atoms. The van der Waals surface area contributed by atoms with Gasteiger partial charge in [0.1, 0.15) is 11.5 Å². The largest absolute Gasteiger partial charge is 0.472 e. The highest BCUT2D eigenvalue weighted by atomic mass is 16.5. The summed E-state index contributed by atoms with van der Waals surface area (Å²) in [6.45, 7) is 12.5. The van der Waals surface area contributed by atoms with Crippen molar-refractivity contribution in [3.05, 3.63) is 166 Å². The van der Waals surface area contributed by atoms with Gasteiger partial charge in [-0.1, -0.05) is 117 Å². The van der Waals surface area contributed by atoms with Gasteiger partial charge in [-0.25, -0.2) is 4.79 Å². The van der Waals surface area contributed by atoms with E-state index in [-0.39, 0.29) is 5.97 Å².